The molecule has 0 fully saturated rings. The number of ether oxygens (including phenoxy) is 3. The van der Waals surface area contributed by atoms with E-state index in [0.29, 0.717) is 5.75 Å². The molecule has 0 radical (unpaired) electrons. The third-order valence-electron chi connectivity index (χ3n) is 12.4. The van der Waals surface area contributed by atoms with Crippen LogP contribution in [0, 0.1) is 0 Å². The van der Waals surface area contributed by atoms with E-state index in [1.54, 1.807) is 12.1 Å². The lowest BCUT2D eigenvalue weighted by Crippen LogP contribution is -2.06. The van der Waals surface area contributed by atoms with Crippen LogP contribution in [0.4, 0.5) is 0 Å². The molecule has 113 heavy (non-hydrogen) atoms. The Morgan fingerprint density at radius 2 is 0.575 bits per heavy atom. The van der Waals surface area contributed by atoms with Crippen LogP contribution in [0.3, 0.4) is 0 Å². The Balaban J connectivity index is 0.000000628. The van der Waals surface area contributed by atoms with Gasteiger partial charge in [-0.05, 0) is 158 Å². The van der Waals surface area contributed by atoms with Gasteiger partial charge in [0.15, 0.2) is 23.0 Å². The van der Waals surface area contributed by atoms with Gasteiger partial charge in [0, 0.05) is 12.1 Å². The summed E-state index contributed by atoms with van der Waals surface area (Å²) in [6.45, 7) is 0.692. The van der Waals surface area contributed by atoms with Gasteiger partial charge in [-0.1, -0.05) is 42.5 Å². The average Bonchev–Trinajstić information content (AvgIpc) is 0.854. The van der Waals surface area contributed by atoms with Gasteiger partial charge in [-0.25, -0.2) is 52.7 Å². The second-order valence-electron chi connectivity index (χ2n) is 20.1. The topological polar surface area (TPSA) is 712 Å². The Hall–Kier alpha value is -17.4. The van der Waals surface area contributed by atoms with Crippen molar-refractivity contribution >= 4 is 85.1 Å². The molecule has 590 valence electrons. The van der Waals surface area contributed by atoms with Crippen LogP contribution in [0.1, 0.15) is 114 Å². The molecule has 0 saturated heterocycles. The van der Waals surface area contributed by atoms with Crippen molar-refractivity contribution in [3.05, 3.63) is 274 Å². The number of hydrogen-bond acceptors (Lipinski definition) is 28. The van der Waals surface area contributed by atoms with Gasteiger partial charge in [0.05, 0.1) is 38.9 Å². The van der Waals surface area contributed by atoms with E-state index >= 15 is 0 Å². The zero-order chi connectivity index (χ0) is 85.8. The summed E-state index contributed by atoms with van der Waals surface area (Å²) in [6.07, 6.45) is 0. The number of rotatable bonds is 17. The number of phenolic OH excluding ortho intramolecular Hbond substituents is 6. The molecule has 0 heterocycles. The molecule has 10 aromatic carbocycles. The molecule has 39 nitrogen and oxygen atoms in total. The van der Waals surface area contributed by atoms with Gasteiger partial charge in [-0.2, -0.15) is 0 Å². The molecule has 0 aliphatic heterocycles. The maximum absolute atomic E-state index is 10.5. The van der Waals surface area contributed by atoms with E-state index in [1.807, 2.05) is 0 Å². The summed E-state index contributed by atoms with van der Waals surface area (Å²) in [7, 11) is 0. The van der Waals surface area contributed by atoms with E-state index in [9.17, 15) is 67.1 Å². The van der Waals surface area contributed by atoms with Crippen LogP contribution in [0.5, 0.6) is 80.5 Å². The number of carbonyl (C=O) groups is 14. The first kappa shape index (κ1) is 93.6. The maximum atomic E-state index is 10.5. The number of carboxylic acid groups (broad SMARTS) is 11. The van der Waals surface area contributed by atoms with E-state index in [-0.39, 0.29) is 115 Å². The summed E-state index contributed by atoms with van der Waals surface area (Å²) in [5, 5.41) is 191. The molecule has 10 rings (SSSR count). The highest BCUT2D eigenvalue weighted by atomic mass is 16.5. The zero-order valence-corrected chi connectivity index (χ0v) is 56.7. The van der Waals surface area contributed by atoms with Crippen molar-refractivity contribution in [1.29, 1.82) is 0 Å². The lowest BCUT2D eigenvalue weighted by atomic mass is 10.1. The summed E-state index contributed by atoms with van der Waals surface area (Å²) in [5.41, 5.74) is -1.20. The van der Waals surface area contributed by atoms with E-state index < -0.39 is 106 Å². The predicted octanol–water partition coefficient (Wildman–Crippen LogP) is 8.91. The molecule has 0 amide bonds. The van der Waals surface area contributed by atoms with Gasteiger partial charge < -0.3 is 127 Å². The average molecular weight is 1570 g/mol. The predicted molar refractivity (Wildman–Crippen MR) is 379 cm³/mol. The van der Waals surface area contributed by atoms with Gasteiger partial charge >= 0.3 is 65.7 Å². The second kappa shape index (κ2) is 47.8. The molecule has 0 bridgehead atoms. The standard InChI is InChI=1S/C8H6O5.3C8H6O4.4C7H6O4.2C7H6O3/c9-4-13-7-2-5(8(11)12)1-6(10)3-7;9-5-12-7-3-1-6(2-4-7)8(10)11;9-5-12-7-3-1-2-6(4-7)8(10)11;9-7(10)5-3-1-2-4-6(5)8(11)12;8-4-1-2-5(7(10)11)6(9)3-4;8-5-2-1-4(7(10)11)3-6(5)9;8-4-2-1-3-5(9)6(4)7(10)11;8-5-3-1-2-4(6(5)9)7(10)11;8-6-3-1-5(2-4-6)7(9)10;8-6-4-2-1-3-5(6)7(9)10/h1-4,10H,(H,11,12);2*1-5H,(H,10,11);1-4H,(H,9,10)(H,11,12);4*1-3,8-9H,(H,10,11);2*1-4,8H,(H,9,10). The molecule has 39 heteroatoms. The molecule has 0 spiro atoms. The summed E-state index contributed by atoms with van der Waals surface area (Å²) in [4.78, 5) is 143. The number of hydrogen-bond donors (Lipinski definition) is 22. The first-order valence-electron chi connectivity index (χ1n) is 29.8. The molecule has 22 N–H and O–H groups in total. The summed E-state index contributed by atoms with van der Waals surface area (Å²) < 4.78 is 13.3. The minimum atomic E-state index is -1.35. The molecule has 0 atom stereocenters. The van der Waals surface area contributed by atoms with Crippen LogP contribution in [-0.4, -0.2) is 197 Å². The molecule has 0 aromatic heterocycles. The van der Waals surface area contributed by atoms with Crippen molar-refractivity contribution in [2.24, 2.45) is 0 Å². The van der Waals surface area contributed by atoms with Crippen molar-refractivity contribution in [1.82, 2.24) is 0 Å². The van der Waals surface area contributed by atoms with Crippen molar-refractivity contribution < 1.29 is 194 Å². The van der Waals surface area contributed by atoms with Crippen LogP contribution >= 0.6 is 0 Å². The fraction of sp³-hybridized carbons (Fsp3) is 0. The summed E-state index contributed by atoms with van der Waals surface area (Å²) >= 11 is 0. The highest BCUT2D eigenvalue weighted by molar-refractivity contribution is 6.02. The van der Waals surface area contributed by atoms with Crippen LogP contribution < -0.4 is 14.2 Å². The third kappa shape index (κ3) is 34.4. The maximum Gasteiger partial charge on any atom is 0.343 e. The minimum Gasteiger partial charge on any atom is -0.508 e. The number of para-hydroxylation sites is 2. The van der Waals surface area contributed by atoms with Crippen LogP contribution in [0.2, 0.25) is 0 Å². The first-order valence-corrected chi connectivity index (χ1v) is 29.8. The van der Waals surface area contributed by atoms with Crippen molar-refractivity contribution in [2.45, 2.75) is 0 Å². The lowest BCUT2D eigenvalue weighted by Gasteiger charge is -2.00. The Morgan fingerprint density at radius 1 is 0.212 bits per heavy atom. The van der Waals surface area contributed by atoms with Gasteiger partial charge in [-0.15, -0.1) is 0 Å². The Bertz CT molecular complexity index is 4940. The van der Waals surface area contributed by atoms with Gasteiger partial charge in [-0.3, -0.25) is 14.4 Å². The number of aromatic carboxylic acids is 11. The summed E-state index contributed by atoms with van der Waals surface area (Å²) in [5.74, 6) is -15.9. The number of aromatic hydroxyl groups is 11. The number of benzene rings is 10. The van der Waals surface area contributed by atoms with E-state index in [4.69, 9.17) is 112 Å². The fourth-order valence-electron chi connectivity index (χ4n) is 7.24. The quantitative estimate of drug-likeness (QED) is 0.0299. The fourth-order valence-corrected chi connectivity index (χ4v) is 7.24. The molecule has 10 aromatic rings. The Labute approximate surface area is 630 Å². The van der Waals surface area contributed by atoms with Gasteiger partial charge in [0.25, 0.3) is 19.4 Å². The largest absolute Gasteiger partial charge is 0.508 e. The zero-order valence-electron chi connectivity index (χ0n) is 56.7. The van der Waals surface area contributed by atoms with Crippen LogP contribution in [0.25, 0.3) is 0 Å². The molecule has 0 unspecified atom stereocenters. The number of carbonyl (C=O) groups excluding carboxylic acids is 3. The molecular formula is C74H60O39. The van der Waals surface area contributed by atoms with Crippen molar-refractivity contribution in [2.75, 3.05) is 0 Å². The molecule has 0 aliphatic carbocycles. The molecular weight excluding hydrogens is 1510 g/mol. The number of carboxylic acids is 11. The highest BCUT2D eigenvalue weighted by Crippen LogP contribution is 2.29. The smallest absolute Gasteiger partial charge is 0.343 e. The monoisotopic (exact) mass is 1570 g/mol. The van der Waals surface area contributed by atoms with Gasteiger partial charge in [0.1, 0.15) is 79.7 Å². The second-order valence-corrected chi connectivity index (χ2v) is 20.1. The van der Waals surface area contributed by atoms with Crippen molar-refractivity contribution in [3.63, 3.8) is 0 Å². The van der Waals surface area contributed by atoms with E-state index in [0.717, 1.165) is 42.5 Å². The SMILES string of the molecule is O=C(O)c1c(O)cccc1O.O=C(O)c1ccc(O)c(O)c1.O=C(O)c1ccc(O)cc1.O=C(O)c1ccc(O)cc1O.O=C(O)c1cccc(O)c1O.O=C(O)c1ccccc1C(=O)O.O=C(O)c1ccccc1O.O=COc1cc(O)cc(C(=O)O)c1.O=COc1ccc(C(=O)O)cc1.O=COc1cccc(C(=O)O)c1. The third-order valence-corrected chi connectivity index (χ3v) is 12.4. The first-order chi connectivity index (χ1) is 53.1. The van der Waals surface area contributed by atoms with E-state index in [2.05, 4.69) is 14.2 Å². The Morgan fingerprint density at radius 3 is 0.982 bits per heavy atom. The minimum absolute atomic E-state index is 0.00704. The Kier molecular flexibility index (Phi) is 39.6. The molecule has 0 aliphatic rings. The summed E-state index contributed by atoms with van der Waals surface area (Å²) in [6, 6.07) is 45.4. The normalized spacial score (nSPS) is 9.27. The van der Waals surface area contributed by atoms with Gasteiger partial charge in [0.2, 0.25) is 0 Å². The number of phenols is 11. The molecule has 0 saturated carbocycles. The highest BCUT2D eigenvalue weighted by Gasteiger charge is 2.17. The van der Waals surface area contributed by atoms with Crippen LogP contribution in [-0.2, 0) is 14.4 Å². The van der Waals surface area contributed by atoms with Crippen LogP contribution in [0.15, 0.2) is 212 Å². The van der Waals surface area contributed by atoms with E-state index in [1.165, 1.54) is 158 Å². The van der Waals surface area contributed by atoms with Crippen molar-refractivity contribution in [3.8, 4) is 80.5 Å². The lowest BCUT2D eigenvalue weighted by molar-refractivity contribution is -0.121.